The highest BCUT2D eigenvalue weighted by atomic mass is 14.6. The van der Waals surface area contributed by atoms with Crippen molar-refractivity contribution in [2.45, 2.75) is 25.7 Å². The van der Waals surface area contributed by atoms with Gasteiger partial charge < -0.3 is 0 Å². The summed E-state index contributed by atoms with van der Waals surface area (Å²) in [6, 6.07) is 8.34. The van der Waals surface area contributed by atoms with Crippen LogP contribution in [0.2, 0.25) is 0 Å². The van der Waals surface area contributed by atoms with Crippen LogP contribution in [0.1, 0.15) is 36.8 Å². The first-order valence-electron chi connectivity index (χ1n) is 5.59. The van der Waals surface area contributed by atoms with Crippen LogP contribution in [0.3, 0.4) is 0 Å². The summed E-state index contributed by atoms with van der Waals surface area (Å²) in [6.07, 6.45) is 7.41. The molecule has 0 saturated heterocycles. The Morgan fingerprint density at radius 3 is 1.31 bits per heavy atom. The Morgan fingerprint density at radius 2 is 1.00 bits per heavy atom. The van der Waals surface area contributed by atoms with Crippen molar-refractivity contribution < 1.29 is 0 Å². The third kappa shape index (κ3) is 2.27. The molecule has 0 aliphatic heterocycles. The van der Waals surface area contributed by atoms with Crippen molar-refractivity contribution in [3.05, 3.63) is 60.2 Å². The highest BCUT2D eigenvalue weighted by Crippen LogP contribution is 2.31. The fraction of sp³-hybridized carbons (Fsp3) is 0.286. The minimum Gasteiger partial charge on any atom is -0.265 e. The minimum atomic E-state index is 0.491. The summed E-state index contributed by atoms with van der Waals surface area (Å²) < 4.78 is 0. The molecular weight excluding hydrogens is 196 g/mol. The molecule has 0 aliphatic carbocycles. The van der Waals surface area contributed by atoms with Crippen molar-refractivity contribution in [3.8, 4) is 0 Å². The zero-order chi connectivity index (χ0) is 11.4. The maximum atomic E-state index is 4.05. The van der Waals surface area contributed by atoms with Gasteiger partial charge in [-0.15, -0.1) is 0 Å². The number of aromatic nitrogens is 2. The number of nitrogens with zero attached hydrogens (tertiary/aromatic N) is 2. The quantitative estimate of drug-likeness (QED) is 0.779. The Labute approximate surface area is 96.4 Å². The average molecular weight is 212 g/mol. The molecule has 2 heterocycles. The molecule has 2 heteroatoms. The number of hydrogen-bond acceptors (Lipinski definition) is 2. The van der Waals surface area contributed by atoms with E-state index in [4.69, 9.17) is 0 Å². The SMILES string of the molecule is C[C@H](c1ccncc1)[C@@H](C)c1ccncc1. The van der Waals surface area contributed by atoms with E-state index in [1.54, 1.807) is 0 Å². The Morgan fingerprint density at radius 1 is 0.688 bits per heavy atom. The van der Waals surface area contributed by atoms with Crippen molar-refractivity contribution in [2.24, 2.45) is 0 Å². The molecule has 0 N–H and O–H groups in total. The van der Waals surface area contributed by atoms with Crippen LogP contribution in [-0.2, 0) is 0 Å². The molecule has 0 fully saturated rings. The second kappa shape index (κ2) is 4.88. The summed E-state index contributed by atoms with van der Waals surface area (Å²) >= 11 is 0. The van der Waals surface area contributed by atoms with Gasteiger partial charge in [0.2, 0.25) is 0 Å². The normalized spacial score (nSPS) is 14.4. The zero-order valence-corrected chi connectivity index (χ0v) is 9.67. The van der Waals surface area contributed by atoms with Gasteiger partial charge in [-0.3, -0.25) is 9.97 Å². The maximum absolute atomic E-state index is 4.05. The van der Waals surface area contributed by atoms with Gasteiger partial charge in [-0.1, -0.05) is 13.8 Å². The van der Waals surface area contributed by atoms with E-state index < -0.39 is 0 Å². The summed E-state index contributed by atoms with van der Waals surface area (Å²) in [6.45, 7) is 4.50. The predicted octanol–water partition coefficient (Wildman–Crippen LogP) is 3.38. The van der Waals surface area contributed by atoms with Crippen molar-refractivity contribution in [3.63, 3.8) is 0 Å². The lowest BCUT2D eigenvalue weighted by Gasteiger charge is -2.20. The van der Waals surface area contributed by atoms with Crippen LogP contribution in [0.25, 0.3) is 0 Å². The molecule has 2 aromatic heterocycles. The second-order valence-corrected chi connectivity index (χ2v) is 4.14. The molecule has 0 unspecified atom stereocenters. The molecule has 2 nitrogen and oxygen atoms in total. The lowest BCUT2D eigenvalue weighted by molar-refractivity contribution is 0.622. The molecule has 2 aromatic rings. The molecule has 0 radical (unpaired) electrons. The molecule has 2 rings (SSSR count). The smallest absolute Gasteiger partial charge is 0.0270 e. The van der Waals surface area contributed by atoms with Crippen LogP contribution < -0.4 is 0 Å². The van der Waals surface area contributed by atoms with Crippen molar-refractivity contribution in [2.75, 3.05) is 0 Å². The first-order valence-corrected chi connectivity index (χ1v) is 5.59. The van der Waals surface area contributed by atoms with Crippen LogP contribution in [-0.4, -0.2) is 9.97 Å². The van der Waals surface area contributed by atoms with Crippen LogP contribution in [0.5, 0.6) is 0 Å². The minimum absolute atomic E-state index is 0.491. The molecule has 0 saturated carbocycles. The molecule has 82 valence electrons. The fourth-order valence-corrected chi connectivity index (χ4v) is 1.91. The van der Waals surface area contributed by atoms with E-state index in [-0.39, 0.29) is 0 Å². The predicted molar refractivity (Wildman–Crippen MR) is 65.3 cm³/mol. The van der Waals surface area contributed by atoms with E-state index >= 15 is 0 Å². The Bertz CT molecular complexity index is 382. The van der Waals surface area contributed by atoms with E-state index in [0.717, 1.165) is 0 Å². The monoisotopic (exact) mass is 212 g/mol. The number of rotatable bonds is 3. The maximum Gasteiger partial charge on any atom is 0.0270 e. The van der Waals surface area contributed by atoms with E-state index in [1.807, 2.05) is 24.8 Å². The largest absolute Gasteiger partial charge is 0.265 e. The molecule has 0 spiro atoms. The van der Waals surface area contributed by atoms with Crippen molar-refractivity contribution in [1.82, 2.24) is 9.97 Å². The summed E-state index contributed by atoms with van der Waals surface area (Å²) in [5, 5.41) is 0. The second-order valence-electron chi connectivity index (χ2n) is 4.14. The standard InChI is InChI=1S/C14H16N2/c1-11(13-3-7-15-8-4-13)12(2)14-5-9-16-10-6-14/h3-12H,1-2H3/t11-,12+. The summed E-state index contributed by atoms with van der Waals surface area (Å²) in [5.74, 6) is 0.982. The van der Waals surface area contributed by atoms with Gasteiger partial charge in [-0.25, -0.2) is 0 Å². The van der Waals surface area contributed by atoms with Crippen LogP contribution in [0, 0.1) is 0 Å². The Kier molecular flexibility index (Phi) is 3.30. The highest BCUT2D eigenvalue weighted by molar-refractivity contribution is 5.24. The summed E-state index contributed by atoms with van der Waals surface area (Å²) in [5.41, 5.74) is 2.67. The first kappa shape index (κ1) is 10.8. The first-order chi connectivity index (χ1) is 7.79. The van der Waals surface area contributed by atoms with Gasteiger partial charge >= 0.3 is 0 Å². The Balaban J connectivity index is 2.20. The highest BCUT2D eigenvalue weighted by Gasteiger charge is 2.15. The fourth-order valence-electron chi connectivity index (χ4n) is 1.91. The van der Waals surface area contributed by atoms with Crippen LogP contribution in [0.15, 0.2) is 49.1 Å². The van der Waals surface area contributed by atoms with Gasteiger partial charge in [0, 0.05) is 24.8 Å². The number of pyridine rings is 2. The van der Waals surface area contributed by atoms with Gasteiger partial charge in [0.05, 0.1) is 0 Å². The van der Waals surface area contributed by atoms with Gasteiger partial charge in [-0.05, 0) is 47.2 Å². The van der Waals surface area contributed by atoms with Crippen molar-refractivity contribution >= 4 is 0 Å². The molecule has 0 aliphatic rings. The molecule has 0 amide bonds. The summed E-state index contributed by atoms with van der Waals surface area (Å²) in [4.78, 5) is 8.10. The number of hydrogen-bond donors (Lipinski definition) is 0. The molecular formula is C14H16N2. The van der Waals surface area contributed by atoms with Gasteiger partial charge in [0.1, 0.15) is 0 Å². The van der Waals surface area contributed by atoms with Gasteiger partial charge in [0.15, 0.2) is 0 Å². The molecule has 0 aromatic carbocycles. The lowest BCUT2D eigenvalue weighted by atomic mass is 9.85. The topological polar surface area (TPSA) is 25.8 Å². The van der Waals surface area contributed by atoms with E-state index in [1.165, 1.54) is 11.1 Å². The molecule has 16 heavy (non-hydrogen) atoms. The third-order valence-corrected chi connectivity index (χ3v) is 3.21. The Hall–Kier alpha value is -1.70. The van der Waals surface area contributed by atoms with Crippen LogP contribution >= 0.6 is 0 Å². The van der Waals surface area contributed by atoms with Crippen LogP contribution in [0.4, 0.5) is 0 Å². The van der Waals surface area contributed by atoms with E-state index in [9.17, 15) is 0 Å². The van der Waals surface area contributed by atoms with Crippen molar-refractivity contribution in [1.29, 1.82) is 0 Å². The average Bonchev–Trinajstić information content (AvgIpc) is 2.39. The van der Waals surface area contributed by atoms with Gasteiger partial charge in [0.25, 0.3) is 0 Å². The molecule has 2 atom stereocenters. The lowest BCUT2D eigenvalue weighted by Crippen LogP contribution is -2.04. The van der Waals surface area contributed by atoms with Gasteiger partial charge in [-0.2, -0.15) is 0 Å². The van der Waals surface area contributed by atoms with E-state index in [0.29, 0.717) is 11.8 Å². The summed E-state index contributed by atoms with van der Waals surface area (Å²) in [7, 11) is 0. The molecule has 0 bridgehead atoms. The third-order valence-electron chi connectivity index (χ3n) is 3.21. The zero-order valence-electron chi connectivity index (χ0n) is 9.67. The van der Waals surface area contributed by atoms with E-state index in [2.05, 4.69) is 48.1 Å².